The van der Waals surface area contributed by atoms with Gasteiger partial charge in [-0.1, -0.05) is 6.07 Å². The van der Waals surface area contributed by atoms with E-state index in [4.69, 9.17) is 15.9 Å². The summed E-state index contributed by atoms with van der Waals surface area (Å²) in [6, 6.07) is 6.83. The summed E-state index contributed by atoms with van der Waals surface area (Å²) in [5.74, 6) is -0.265. The molecule has 0 radical (unpaired) electrons. The van der Waals surface area contributed by atoms with Crippen molar-refractivity contribution in [3.8, 4) is 5.75 Å². The maximum absolute atomic E-state index is 12.7. The summed E-state index contributed by atoms with van der Waals surface area (Å²) in [5, 5.41) is 9.32. The molecule has 3 N–H and O–H groups in total. The van der Waals surface area contributed by atoms with Gasteiger partial charge in [0.25, 0.3) is 0 Å². The highest BCUT2D eigenvalue weighted by Gasteiger charge is 2.31. The lowest BCUT2D eigenvalue weighted by Crippen LogP contribution is -2.16. The molecule has 1 aromatic carbocycles. The molecule has 0 aliphatic heterocycles. The maximum Gasteiger partial charge on any atom is 0.416 e. The fourth-order valence-corrected chi connectivity index (χ4v) is 2.45. The zero-order valence-electron chi connectivity index (χ0n) is 10.9. The predicted molar refractivity (Wildman–Crippen MR) is 76.0 cm³/mol. The Kier molecular flexibility index (Phi) is 4.52. The van der Waals surface area contributed by atoms with Crippen LogP contribution in [-0.4, -0.2) is 12.4 Å². The van der Waals surface area contributed by atoms with Crippen molar-refractivity contribution in [3.63, 3.8) is 0 Å². The van der Waals surface area contributed by atoms with Crippen molar-refractivity contribution in [2.45, 2.75) is 12.6 Å². The summed E-state index contributed by atoms with van der Waals surface area (Å²) in [7, 11) is 0. The van der Waals surface area contributed by atoms with Crippen LogP contribution in [0, 0.1) is 5.41 Å². The van der Waals surface area contributed by atoms with Gasteiger partial charge in [-0.3, -0.25) is 5.41 Å². The summed E-state index contributed by atoms with van der Waals surface area (Å²) < 4.78 is 43.4. The number of nitrogens with two attached hydrogens (primary N) is 1. The van der Waals surface area contributed by atoms with Crippen molar-refractivity contribution in [1.82, 2.24) is 0 Å². The first kappa shape index (κ1) is 15.4. The summed E-state index contributed by atoms with van der Waals surface area (Å²) in [5.41, 5.74) is 4.44. The Morgan fingerprint density at radius 3 is 2.62 bits per heavy atom. The normalized spacial score (nSPS) is 11.4. The number of nitrogens with one attached hydrogen (secondary N) is 1. The van der Waals surface area contributed by atoms with Crippen molar-refractivity contribution in [3.05, 3.63) is 51.7 Å². The van der Waals surface area contributed by atoms with Crippen molar-refractivity contribution in [1.29, 1.82) is 5.41 Å². The first-order valence-corrected chi connectivity index (χ1v) is 6.96. The molecule has 0 saturated heterocycles. The van der Waals surface area contributed by atoms with Crippen LogP contribution in [-0.2, 0) is 12.6 Å². The van der Waals surface area contributed by atoms with Gasteiger partial charge in [0.15, 0.2) is 0 Å². The molecule has 2 rings (SSSR count). The third-order valence-corrected chi connectivity index (χ3v) is 3.72. The van der Waals surface area contributed by atoms with Gasteiger partial charge in [-0.05, 0) is 29.6 Å². The average Bonchev–Trinajstić information content (AvgIpc) is 2.90. The molecule has 0 saturated carbocycles. The quantitative estimate of drug-likeness (QED) is 0.653. The van der Waals surface area contributed by atoms with Gasteiger partial charge in [-0.2, -0.15) is 13.2 Å². The summed E-state index contributed by atoms with van der Waals surface area (Å²) in [6.45, 7) is 0.312. The van der Waals surface area contributed by atoms with Crippen LogP contribution in [0.4, 0.5) is 13.2 Å². The third-order valence-electron chi connectivity index (χ3n) is 2.78. The molecule has 0 atom stereocenters. The Morgan fingerprint density at radius 1 is 1.29 bits per heavy atom. The van der Waals surface area contributed by atoms with Gasteiger partial charge < -0.3 is 10.5 Å². The highest BCUT2D eigenvalue weighted by molar-refractivity contribution is 7.09. The van der Waals surface area contributed by atoms with Crippen LogP contribution in [0.3, 0.4) is 0 Å². The Bertz CT molecular complexity index is 624. The molecule has 21 heavy (non-hydrogen) atoms. The van der Waals surface area contributed by atoms with Gasteiger partial charge in [0.2, 0.25) is 0 Å². The monoisotopic (exact) mass is 314 g/mol. The van der Waals surface area contributed by atoms with E-state index in [0.29, 0.717) is 13.0 Å². The topological polar surface area (TPSA) is 59.1 Å². The highest BCUT2D eigenvalue weighted by Crippen LogP contribution is 2.32. The van der Waals surface area contributed by atoms with Crippen LogP contribution in [0.15, 0.2) is 35.7 Å². The minimum atomic E-state index is -4.47. The van der Waals surface area contributed by atoms with Crippen molar-refractivity contribution in [2.24, 2.45) is 5.73 Å². The number of thiophene rings is 1. The standard InChI is InChI=1S/C14H13F3N2OS/c15-14(16,17)9-3-4-12(11(8-9)13(18)19)20-6-5-10-2-1-7-21-10/h1-4,7-8H,5-6H2,(H3,18,19). The summed E-state index contributed by atoms with van der Waals surface area (Å²) >= 11 is 1.58. The second kappa shape index (κ2) is 6.17. The Hall–Kier alpha value is -2.02. The van der Waals surface area contributed by atoms with Crippen LogP contribution in [0.25, 0.3) is 0 Å². The number of halogens is 3. The van der Waals surface area contributed by atoms with Gasteiger partial charge in [-0.15, -0.1) is 11.3 Å². The van der Waals surface area contributed by atoms with Gasteiger partial charge in [0.1, 0.15) is 11.6 Å². The number of alkyl halides is 3. The van der Waals surface area contributed by atoms with E-state index in [1.165, 1.54) is 6.07 Å². The lowest BCUT2D eigenvalue weighted by atomic mass is 10.1. The number of rotatable bonds is 5. The predicted octanol–water partition coefficient (Wildman–Crippen LogP) is 3.67. The van der Waals surface area contributed by atoms with E-state index in [1.807, 2.05) is 17.5 Å². The fraction of sp³-hybridized carbons (Fsp3) is 0.214. The van der Waals surface area contributed by atoms with Crippen molar-refractivity contribution < 1.29 is 17.9 Å². The Morgan fingerprint density at radius 2 is 2.05 bits per heavy atom. The van der Waals surface area contributed by atoms with Gasteiger partial charge in [0.05, 0.1) is 17.7 Å². The Balaban J connectivity index is 2.13. The summed E-state index contributed by atoms with van der Waals surface area (Å²) in [6.07, 6.45) is -3.82. The number of amidine groups is 1. The fourth-order valence-electron chi connectivity index (χ4n) is 1.76. The van der Waals surface area contributed by atoms with E-state index < -0.39 is 17.6 Å². The van der Waals surface area contributed by atoms with Crippen LogP contribution in [0.2, 0.25) is 0 Å². The third kappa shape index (κ3) is 3.98. The number of nitrogen functional groups attached to an aromatic ring is 1. The van der Waals surface area contributed by atoms with Gasteiger partial charge in [-0.25, -0.2) is 0 Å². The lowest BCUT2D eigenvalue weighted by Gasteiger charge is -2.13. The lowest BCUT2D eigenvalue weighted by molar-refractivity contribution is -0.137. The molecule has 0 unspecified atom stereocenters. The van der Waals surface area contributed by atoms with Crippen LogP contribution < -0.4 is 10.5 Å². The first-order valence-electron chi connectivity index (χ1n) is 6.09. The second-order valence-corrected chi connectivity index (χ2v) is 5.33. The van der Waals surface area contributed by atoms with E-state index in [1.54, 1.807) is 11.3 Å². The van der Waals surface area contributed by atoms with E-state index in [9.17, 15) is 13.2 Å². The first-order chi connectivity index (χ1) is 9.88. The minimum Gasteiger partial charge on any atom is -0.492 e. The molecule has 0 spiro atoms. The molecule has 2 aromatic rings. The van der Waals surface area contributed by atoms with Gasteiger partial charge in [0, 0.05) is 11.3 Å². The molecular weight excluding hydrogens is 301 g/mol. The van der Waals surface area contributed by atoms with Gasteiger partial charge >= 0.3 is 6.18 Å². The van der Waals surface area contributed by atoms with Crippen LogP contribution >= 0.6 is 11.3 Å². The molecule has 1 heterocycles. The summed E-state index contributed by atoms with van der Waals surface area (Å²) in [4.78, 5) is 1.12. The van der Waals surface area contributed by atoms with E-state index in [-0.39, 0.29) is 11.3 Å². The van der Waals surface area contributed by atoms with E-state index in [2.05, 4.69) is 0 Å². The second-order valence-electron chi connectivity index (χ2n) is 4.30. The maximum atomic E-state index is 12.7. The SMILES string of the molecule is N=C(N)c1cc(C(F)(F)F)ccc1OCCc1cccs1. The molecule has 0 bridgehead atoms. The highest BCUT2D eigenvalue weighted by atomic mass is 32.1. The molecule has 7 heteroatoms. The largest absolute Gasteiger partial charge is 0.492 e. The molecule has 3 nitrogen and oxygen atoms in total. The van der Waals surface area contributed by atoms with Crippen molar-refractivity contribution in [2.75, 3.05) is 6.61 Å². The zero-order valence-corrected chi connectivity index (χ0v) is 11.7. The number of benzene rings is 1. The van der Waals surface area contributed by atoms with E-state index in [0.717, 1.165) is 17.0 Å². The number of hydrogen-bond acceptors (Lipinski definition) is 3. The molecule has 0 aliphatic rings. The number of ether oxygens (including phenoxy) is 1. The average molecular weight is 314 g/mol. The molecule has 0 aliphatic carbocycles. The van der Waals surface area contributed by atoms with Crippen molar-refractivity contribution >= 4 is 17.2 Å². The molecule has 1 aromatic heterocycles. The van der Waals surface area contributed by atoms with Crippen LogP contribution in [0.5, 0.6) is 5.75 Å². The zero-order chi connectivity index (χ0) is 15.5. The number of hydrogen-bond donors (Lipinski definition) is 2. The molecular formula is C14H13F3N2OS. The molecule has 112 valence electrons. The van der Waals surface area contributed by atoms with E-state index >= 15 is 0 Å². The smallest absolute Gasteiger partial charge is 0.416 e. The van der Waals surface area contributed by atoms with Crippen LogP contribution in [0.1, 0.15) is 16.0 Å². The molecule has 0 amide bonds. The molecule has 0 fully saturated rings. The minimum absolute atomic E-state index is 0.0454. The Labute approximate surface area is 123 Å².